The SMILES string of the molecule is COc1ccc2nc(NC(=O)[C@@H]3CCCO3)sc2c1. The van der Waals surface area contributed by atoms with Gasteiger partial charge in [-0.25, -0.2) is 4.98 Å². The molecule has 1 N–H and O–H groups in total. The van der Waals surface area contributed by atoms with Gasteiger partial charge in [-0.05, 0) is 31.0 Å². The maximum absolute atomic E-state index is 11.9. The largest absolute Gasteiger partial charge is 0.497 e. The number of benzene rings is 1. The number of aromatic nitrogens is 1. The Morgan fingerprint density at radius 2 is 2.47 bits per heavy atom. The zero-order valence-corrected chi connectivity index (χ0v) is 11.3. The van der Waals surface area contributed by atoms with Crippen LogP contribution < -0.4 is 10.1 Å². The molecular weight excluding hydrogens is 264 g/mol. The fourth-order valence-corrected chi connectivity index (χ4v) is 2.95. The fourth-order valence-electron chi connectivity index (χ4n) is 2.06. The number of ether oxygens (including phenoxy) is 2. The monoisotopic (exact) mass is 278 g/mol. The van der Waals surface area contributed by atoms with E-state index in [1.54, 1.807) is 7.11 Å². The molecule has 19 heavy (non-hydrogen) atoms. The molecule has 0 radical (unpaired) electrons. The van der Waals surface area contributed by atoms with Crippen molar-refractivity contribution in [2.24, 2.45) is 0 Å². The van der Waals surface area contributed by atoms with Gasteiger partial charge in [0.05, 0.1) is 17.3 Å². The molecule has 2 heterocycles. The van der Waals surface area contributed by atoms with Crippen molar-refractivity contribution in [3.05, 3.63) is 18.2 Å². The van der Waals surface area contributed by atoms with Crippen molar-refractivity contribution in [2.75, 3.05) is 19.0 Å². The van der Waals surface area contributed by atoms with E-state index >= 15 is 0 Å². The molecule has 3 rings (SSSR count). The van der Waals surface area contributed by atoms with Crippen molar-refractivity contribution >= 4 is 32.6 Å². The van der Waals surface area contributed by atoms with E-state index in [0.29, 0.717) is 11.7 Å². The van der Waals surface area contributed by atoms with Crippen LogP contribution in [0.3, 0.4) is 0 Å². The molecule has 1 aromatic carbocycles. The van der Waals surface area contributed by atoms with E-state index < -0.39 is 0 Å². The molecule has 1 aromatic heterocycles. The molecule has 0 unspecified atom stereocenters. The number of fused-ring (bicyclic) bond motifs is 1. The van der Waals surface area contributed by atoms with E-state index in [1.165, 1.54) is 11.3 Å². The Balaban J connectivity index is 1.79. The van der Waals surface area contributed by atoms with Crippen LogP contribution in [0.2, 0.25) is 0 Å². The number of thiazole rings is 1. The van der Waals surface area contributed by atoms with Gasteiger partial charge in [0.2, 0.25) is 0 Å². The lowest BCUT2D eigenvalue weighted by Crippen LogP contribution is -2.26. The Morgan fingerprint density at radius 3 is 3.21 bits per heavy atom. The molecule has 1 saturated heterocycles. The molecule has 0 bridgehead atoms. The third kappa shape index (κ3) is 2.54. The van der Waals surface area contributed by atoms with Crippen molar-refractivity contribution in [3.8, 4) is 5.75 Å². The van der Waals surface area contributed by atoms with Crippen LogP contribution in [0.5, 0.6) is 5.75 Å². The summed E-state index contributed by atoms with van der Waals surface area (Å²) in [7, 11) is 1.63. The first kappa shape index (κ1) is 12.4. The first-order valence-corrected chi connectivity index (χ1v) is 6.95. The van der Waals surface area contributed by atoms with Gasteiger partial charge in [-0.15, -0.1) is 0 Å². The summed E-state index contributed by atoms with van der Waals surface area (Å²) < 4.78 is 11.5. The Bertz CT molecular complexity index is 605. The van der Waals surface area contributed by atoms with Gasteiger partial charge in [-0.1, -0.05) is 11.3 Å². The number of carbonyl (C=O) groups excluding carboxylic acids is 1. The highest BCUT2D eigenvalue weighted by Gasteiger charge is 2.24. The van der Waals surface area contributed by atoms with Crippen LogP contribution in [-0.4, -0.2) is 30.7 Å². The lowest BCUT2D eigenvalue weighted by Gasteiger charge is -2.07. The number of hydrogen-bond donors (Lipinski definition) is 1. The van der Waals surface area contributed by atoms with Crippen molar-refractivity contribution in [1.29, 1.82) is 0 Å². The first-order chi connectivity index (χ1) is 9.26. The molecule has 0 spiro atoms. The molecule has 1 fully saturated rings. The smallest absolute Gasteiger partial charge is 0.255 e. The summed E-state index contributed by atoms with van der Waals surface area (Å²) in [5.74, 6) is 0.677. The highest BCUT2D eigenvalue weighted by atomic mass is 32.1. The molecule has 1 amide bonds. The van der Waals surface area contributed by atoms with E-state index in [2.05, 4.69) is 10.3 Å². The van der Waals surface area contributed by atoms with E-state index in [0.717, 1.165) is 28.8 Å². The van der Waals surface area contributed by atoms with Crippen molar-refractivity contribution in [2.45, 2.75) is 18.9 Å². The Hall–Kier alpha value is -1.66. The second kappa shape index (κ2) is 5.14. The van der Waals surface area contributed by atoms with Crippen molar-refractivity contribution in [1.82, 2.24) is 4.98 Å². The van der Waals surface area contributed by atoms with E-state index in [-0.39, 0.29) is 12.0 Å². The number of methoxy groups -OCH3 is 1. The molecule has 1 atom stereocenters. The molecule has 1 aliphatic rings. The Labute approximate surface area is 114 Å². The van der Waals surface area contributed by atoms with Crippen LogP contribution in [0.1, 0.15) is 12.8 Å². The highest BCUT2D eigenvalue weighted by Crippen LogP contribution is 2.29. The number of nitrogens with one attached hydrogen (secondary N) is 1. The minimum atomic E-state index is -0.332. The van der Waals surface area contributed by atoms with Gasteiger partial charge in [0.15, 0.2) is 5.13 Å². The Kier molecular flexibility index (Phi) is 3.35. The summed E-state index contributed by atoms with van der Waals surface area (Å²) in [6, 6.07) is 5.65. The number of carbonyl (C=O) groups is 1. The third-order valence-corrected chi connectivity index (χ3v) is 3.98. The van der Waals surface area contributed by atoms with Crippen LogP contribution >= 0.6 is 11.3 Å². The quantitative estimate of drug-likeness (QED) is 0.936. The van der Waals surface area contributed by atoms with Crippen LogP contribution in [0.15, 0.2) is 18.2 Å². The molecule has 1 aliphatic heterocycles. The number of rotatable bonds is 3. The van der Waals surface area contributed by atoms with E-state index in [9.17, 15) is 4.79 Å². The lowest BCUT2D eigenvalue weighted by atomic mass is 10.2. The number of nitrogens with zero attached hydrogens (tertiary/aromatic N) is 1. The normalized spacial score (nSPS) is 18.7. The minimum Gasteiger partial charge on any atom is -0.497 e. The maximum Gasteiger partial charge on any atom is 0.255 e. The molecular formula is C13H14N2O3S. The third-order valence-electron chi connectivity index (χ3n) is 3.05. The second-order valence-electron chi connectivity index (χ2n) is 4.34. The Morgan fingerprint density at radius 1 is 1.58 bits per heavy atom. The standard InChI is InChI=1S/C13H14N2O3S/c1-17-8-4-5-9-11(7-8)19-13(14-9)15-12(16)10-3-2-6-18-10/h4-5,7,10H,2-3,6H2,1H3,(H,14,15,16)/t10-/m0/s1. The summed E-state index contributed by atoms with van der Waals surface area (Å²) in [6.45, 7) is 0.662. The lowest BCUT2D eigenvalue weighted by molar-refractivity contribution is -0.124. The number of amides is 1. The summed E-state index contributed by atoms with van der Waals surface area (Å²) in [4.78, 5) is 16.3. The first-order valence-electron chi connectivity index (χ1n) is 6.13. The predicted octanol–water partition coefficient (Wildman–Crippen LogP) is 2.42. The van der Waals surface area contributed by atoms with Gasteiger partial charge in [-0.2, -0.15) is 0 Å². The number of anilines is 1. The molecule has 6 heteroatoms. The van der Waals surface area contributed by atoms with Gasteiger partial charge < -0.3 is 9.47 Å². The van der Waals surface area contributed by atoms with E-state index in [1.807, 2.05) is 18.2 Å². The molecule has 0 aliphatic carbocycles. The van der Waals surface area contributed by atoms with Gasteiger partial charge in [0.1, 0.15) is 11.9 Å². The van der Waals surface area contributed by atoms with Gasteiger partial charge in [-0.3, -0.25) is 10.1 Å². The average molecular weight is 278 g/mol. The fraction of sp³-hybridized carbons (Fsp3) is 0.385. The van der Waals surface area contributed by atoms with Gasteiger partial charge >= 0.3 is 0 Å². The summed E-state index contributed by atoms with van der Waals surface area (Å²) in [5, 5.41) is 3.41. The molecule has 5 nitrogen and oxygen atoms in total. The highest BCUT2D eigenvalue weighted by molar-refractivity contribution is 7.22. The summed E-state index contributed by atoms with van der Waals surface area (Å²) in [6.07, 6.45) is 1.39. The topological polar surface area (TPSA) is 60.5 Å². The zero-order valence-electron chi connectivity index (χ0n) is 10.5. The van der Waals surface area contributed by atoms with Crippen molar-refractivity contribution in [3.63, 3.8) is 0 Å². The summed E-state index contributed by atoms with van der Waals surface area (Å²) >= 11 is 1.44. The van der Waals surface area contributed by atoms with Crippen molar-refractivity contribution < 1.29 is 14.3 Å². The zero-order chi connectivity index (χ0) is 13.2. The minimum absolute atomic E-state index is 0.108. The predicted molar refractivity (Wildman–Crippen MR) is 73.8 cm³/mol. The van der Waals surface area contributed by atoms with Crippen LogP contribution in [-0.2, 0) is 9.53 Å². The number of hydrogen-bond acceptors (Lipinski definition) is 5. The van der Waals surface area contributed by atoms with Crippen LogP contribution in [0.25, 0.3) is 10.2 Å². The van der Waals surface area contributed by atoms with E-state index in [4.69, 9.17) is 9.47 Å². The average Bonchev–Trinajstić information content (AvgIpc) is 3.06. The summed E-state index contributed by atoms with van der Waals surface area (Å²) in [5.41, 5.74) is 0.855. The maximum atomic E-state index is 11.9. The van der Waals surface area contributed by atoms with Gasteiger partial charge in [0.25, 0.3) is 5.91 Å². The van der Waals surface area contributed by atoms with Crippen LogP contribution in [0.4, 0.5) is 5.13 Å². The van der Waals surface area contributed by atoms with Crippen LogP contribution in [0, 0.1) is 0 Å². The molecule has 2 aromatic rings. The van der Waals surface area contributed by atoms with Gasteiger partial charge in [0, 0.05) is 6.61 Å². The second-order valence-corrected chi connectivity index (χ2v) is 5.37. The molecule has 0 saturated carbocycles. The molecule has 100 valence electrons.